The molecule has 1 heterocycles. The smallest absolute Gasteiger partial charge is 0.412 e. The molecule has 2 N–H and O–H groups in total. The number of nitrogens with one attached hydrogen (secondary N) is 1. The molecular formula is C22H32F4NO6PS. The molecule has 13 heteroatoms. The molecule has 0 fully saturated rings. The standard InChI is InChI=1S/C18H20F4NO6PS.2C2H6/c1-3-6-28-17(26)10(2)23-30(27,29-9-18(20,21)22)15(19)11-4-5-13-12(7-11)8-14(31-13)16(24)25;2*1-2/h4-5,7-8,10,15H,3,6,9H2,1-2H3,(H,23,27)(H,24,25);2*1-2H3. The molecule has 0 saturated heterocycles. The SMILES string of the molecule is CC.CC.CCCOC(=O)C(C)NP(=O)(OCC(F)(F)F)C(F)c1ccc2sc(C(=O)O)cc2c1. The normalized spacial score (nSPS) is 14.5. The van der Waals surface area contributed by atoms with E-state index in [4.69, 9.17) is 9.84 Å². The van der Waals surface area contributed by atoms with Gasteiger partial charge in [0, 0.05) is 4.70 Å². The number of hydrogen-bond acceptors (Lipinski definition) is 6. The van der Waals surface area contributed by atoms with Crippen LogP contribution in [0.2, 0.25) is 0 Å². The molecule has 0 amide bonds. The summed E-state index contributed by atoms with van der Waals surface area (Å²) in [5, 5.41) is 11.4. The lowest BCUT2D eigenvalue weighted by atomic mass is 10.2. The van der Waals surface area contributed by atoms with E-state index >= 15 is 4.39 Å². The zero-order valence-corrected chi connectivity index (χ0v) is 22.2. The van der Waals surface area contributed by atoms with Gasteiger partial charge in [0.15, 0.2) is 6.61 Å². The molecule has 0 bridgehead atoms. The highest BCUT2D eigenvalue weighted by atomic mass is 32.1. The second-order valence-electron chi connectivity index (χ2n) is 6.55. The summed E-state index contributed by atoms with van der Waals surface area (Å²) in [5.41, 5.74) is -0.297. The molecule has 0 spiro atoms. The van der Waals surface area contributed by atoms with Crippen LogP contribution in [0.4, 0.5) is 17.6 Å². The largest absolute Gasteiger partial charge is 0.477 e. The van der Waals surface area contributed by atoms with Crippen LogP contribution in [0.3, 0.4) is 0 Å². The molecule has 0 aliphatic rings. The minimum absolute atomic E-state index is 0.0236. The number of hydrogen-bond donors (Lipinski definition) is 2. The van der Waals surface area contributed by atoms with Crippen LogP contribution in [0.15, 0.2) is 24.3 Å². The molecule has 0 aliphatic carbocycles. The summed E-state index contributed by atoms with van der Waals surface area (Å²) >= 11 is 0.921. The van der Waals surface area contributed by atoms with E-state index in [0.29, 0.717) is 16.5 Å². The fraction of sp³-hybridized carbons (Fsp3) is 0.545. The van der Waals surface area contributed by atoms with Crippen LogP contribution in [0.25, 0.3) is 10.1 Å². The van der Waals surface area contributed by atoms with E-state index in [9.17, 15) is 27.3 Å². The van der Waals surface area contributed by atoms with Gasteiger partial charge in [-0.3, -0.25) is 9.36 Å². The van der Waals surface area contributed by atoms with Gasteiger partial charge in [-0.25, -0.2) is 14.3 Å². The first-order chi connectivity index (χ1) is 16.4. The third kappa shape index (κ3) is 10.2. The van der Waals surface area contributed by atoms with Gasteiger partial charge in [-0.15, -0.1) is 11.3 Å². The van der Waals surface area contributed by atoms with Crippen molar-refractivity contribution in [3.8, 4) is 0 Å². The van der Waals surface area contributed by atoms with Gasteiger partial charge < -0.3 is 14.4 Å². The minimum atomic E-state index is -4.91. The summed E-state index contributed by atoms with van der Waals surface area (Å²) in [6, 6.07) is 3.56. The number of carboxylic acid groups (broad SMARTS) is 1. The Bertz CT molecular complexity index is 998. The molecule has 1 aromatic heterocycles. The van der Waals surface area contributed by atoms with Crippen LogP contribution in [-0.4, -0.2) is 42.5 Å². The third-order valence-electron chi connectivity index (χ3n) is 3.92. The highest BCUT2D eigenvalue weighted by Crippen LogP contribution is 2.58. The Hall–Kier alpha value is -2.01. The highest BCUT2D eigenvalue weighted by molar-refractivity contribution is 7.57. The number of alkyl halides is 4. The monoisotopic (exact) mass is 545 g/mol. The van der Waals surface area contributed by atoms with Crippen molar-refractivity contribution in [1.82, 2.24) is 5.09 Å². The van der Waals surface area contributed by atoms with E-state index in [1.165, 1.54) is 24.3 Å². The molecule has 7 nitrogen and oxygen atoms in total. The van der Waals surface area contributed by atoms with Gasteiger partial charge in [-0.2, -0.15) is 13.2 Å². The van der Waals surface area contributed by atoms with E-state index in [1.54, 1.807) is 6.92 Å². The zero-order valence-electron chi connectivity index (χ0n) is 20.4. The lowest BCUT2D eigenvalue weighted by molar-refractivity contribution is -0.154. The van der Waals surface area contributed by atoms with Crippen molar-refractivity contribution >= 4 is 40.9 Å². The van der Waals surface area contributed by atoms with Crippen LogP contribution in [0.5, 0.6) is 0 Å². The van der Waals surface area contributed by atoms with Gasteiger partial charge in [0.1, 0.15) is 10.9 Å². The number of carboxylic acids is 1. The molecule has 2 aromatic rings. The summed E-state index contributed by atoms with van der Waals surface area (Å²) in [5.74, 6) is -4.68. The number of fused-ring (bicyclic) bond motifs is 1. The van der Waals surface area contributed by atoms with Crippen LogP contribution in [-0.2, 0) is 18.6 Å². The summed E-state index contributed by atoms with van der Waals surface area (Å²) in [7, 11) is -4.91. The average molecular weight is 546 g/mol. The average Bonchev–Trinajstić information content (AvgIpc) is 3.26. The maximum Gasteiger partial charge on any atom is 0.412 e. The number of carbonyl (C=O) groups excluding carboxylic acids is 1. The van der Waals surface area contributed by atoms with Crippen LogP contribution >= 0.6 is 18.9 Å². The minimum Gasteiger partial charge on any atom is -0.477 e. The number of thiophene rings is 1. The van der Waals surface area contributed by atoms with Gasteiger partial charge in [-0.05, 0) is 42.5 Å². The van der Waals surface area contributed by atoms with Crippen molar-refractivity contribution in [3.63, 3.8) is 0 Å². The fourth-order valence-electron chi connectivity index (χ4n) is 2.50. The number of rotatable bonds is 10. The Labute approximate surface area is 206 Å². The Morgan fingerprint density at radius 2 is 1.77 bits per heavy atom. The Morgan fingerprint density at radius 3 is 2.29 bits per heavy atom. The van der Waals surface area contributed by atoms with Crippen molar-refractivity contribution in [2.75, 3.05) is 13.2 Å². The van der Waals surface area contributed by atoms with E-state index in [-0.39, 0.29) is 17.0 Å². The summed E-state index contributed by atoms with van der Waals surface area (Å²) < 4.78 is 76.1. The van der Waals surface area contributed by atoms with Crippen molar-refractivity contribution < 1.29 is 46.1 Å². The summed E-state index contributed by atoms with van der Waals surface area (Å²) in [6.45, 7) is 8.91. The van der Waals surface area contributed by atoms with Gasteiger partial charge in [-0.1, -0.05) is 40.7 Å². The maximum atomic E-state index is 15.2. The summed E-state index contributed by atoms with van der Waals surface area (Å²) in [4.78, 5) is 23.0. The molecule has 200 valence electrons. The number of carbonyl (C=O) groups is 2. The van der Waals surface area contributed by atoms with Gasteiger partial charge in [0.2, 0.25) is 5.91 Å². The lowest BCUT2D eigenvalue weighted by Gasteiger charge is -2.26. The lowest BCUT2D eigenvalue weighted by Crippen LogP contribution is -2.35. The van der Waals surface area contributed by atoms with E-state index < -0.39 is 44.2 Å². The van der Waals surface area contributed by atoms with Gasteiger partial charge in [0.25, 0.3) is 0 Å². The third-order valence-corrected chi connectivity index (χ3v) is 7.18. The quantitative estimate of drug-likeness (QED) is 0.183. The first kappa shape index (κ1) is 33.0. The number of ether oxygens (including phenoxy) is 1. The van der Waals surface area contributed by atoms with Crippen molar-refractivity contribution in [2.24, 2.45) is 0 Å². The Morgan fingerprint density at radius 1 is 1.17 bits per heavy atom. The molecule has 0 aliphatic heterocycles. The predicted molar refractivity (Wildman–Crippen MR) is 129 cm³/mol. The molecule has 35 heavy (non-hydrogen) atoms. The first-order valence-corrected chi connectivity index (χ1v) is 13.5. The zero-order chi connectivity index (χ0) is 27.4. The van der Waals surface area contributed by atoms with E-state index in [1.807, 2.05) is 32.8 Å². The van der Waals surface area contributed by atoms with Gasteiger partial charge in [0.05, 0.1) is 6.61 Å². The van der Waals surface area contributed by atoms with Crippen molar-refractivity contribution in [2.45, 2.75) is 66.1 Å². The predicted octanol–water partition coefficient (Wildman–Crippen LogP) is 7.32. The Balaban J connectivity index is 0.00000274. The molecule has 3 atom stereocenters. The van der Waals surface area contributed by atoms with Crippen LogP contribution < -0.4 is 5.09 Å². The van der Waals surface area contributed by atoms with Crippen LogP contribution in [0, 0.1) is 0 Å². The summed E-state index contributed by atoms with van der Waals surface area (Å²) in [6.07, 6.45) is -4.41. The number of benzene rings is 1. The second-order valence-corrected chi connectivity index (χ2v) is 9.80. The fourth-order valence-corrected chi connectivity index (χ4v) is 5.25. The van der Waals surface area contributed by atoms with Crippen molar-refractivity contribution in [3.05, 3.63) is 34.7 Å². The number of esters is 1. The van der Waals surface area contributed by atoms with Gasteiger partial charge >= 0.3 is 25.6 Å². The first-order valence-electron chi connectivity index (χ1n) is 11.0. The molecule has 3 unspecified atom stereocenters. The van der Waals surface area contributed by atoms with E-state index in [2.05, 4.69) is 4.52 Å². The maximum absolute atomic E-state index is 15.2. The molecule has 2 rings (SSSR count). The number of halogens is 4. The number of aromatic carboxylic acids is 1. The Kier molecular flexibility index (Phi) is 14.3. The van der Waals surface area contributed by atoms with E-state index in [0.717, 1.165) is 18.3 Å². The molecule has 1 aromatic carbocycles. The molecule has 0 saturated carbocycles. The topological polar surface area (TPSA) is 102 Å². The molecular weight excluding hydrogens is 513 g/mol. The molecule has 0 radical (unpaired) electrons. The van der Waals surface area contributed by atoms with Crippen molar-refractivity contribution in [1.29, 1.82) is 0 Å². The van der Waals surface area contributed by atoms with Crippen LogP contribution in [0.1, 0.15) is 69.1 Å². The second kappa shape index (κ2) is 15.2. The highest BCUT2D eigenvalue weighted by Gasteiger charge is 2.42.